The van der Waals surface area contributed by atoms with Crippen molar-refractivity contribution in [1.82, 2.24) is 19.7 Å². The molecule has 1 aliphatic rings. The van der Waals surface area contributed by atoms with Gasteiger partial charge in [0.05, 0.1) is 11.0 Å². The number of nitrogens with two attached hydrogens (primary N) is 1. The van der Waals surface area contributed by atoms with Crippen LogP contribution in [0.5, 0.6) is 0 Å². The average Bonchev–Trinajstić information content (AvgIpc) is 3.02. The lowest BCUT2D eigenvalue weighted by molar-refractivity contribution is 0.771. The van der Waals surface area contributed by atoms with Crippen LogP contribution >= 0.6 is 11.6 Å². The highest BCUT2D eigenvalue weighted by Gasteiger charge is 2.29. The second kappa shape index (κ2) is 3.74. The first-order chi connectivity index (χ1) is 9.22. The number of halogens is 1. The number of fused-ring (bicyclic) bond motifs is 1. The third-order valence-electron chi connectivity index (χ3n) is 3.40. The van der Waals surface area contributed by atoms with Crippen molar-refractivity contribution in [3.8, 4) is 11.5 Å². The van der Waals surface area contributed by atoms with Gasteiger partial charge < -0.3 is 10.3 Å². The Morgan fingerprint density at radius 2 is 2.16 bits per heavy atom. The van der Waals surface area contributed by atoms with Gasteiger partial charge in [0.2, 0.25) is 0 Å². The SMILES string of the molecule is Nc1cc(-c2nc3cc(Cl)ccc3n2C2CC2)[nH]n1. The summed E-state index contributed by atoms with van der Waals surface area (Å²) in [5.74, 6) is 1.35. The number of aromatic amines is 1. The van der Waals surface area contributed by atoms with Gasteiger partial charge in [0.15, 0.2) is 5.82 Å². The lowest BCUT2D eigenvalue weighted by Crippen LogP contribution is -1.97. The van der Waals surface area contributed by atoms with Crippen LogP contribution in [0.15, 0.2) is 24.3 Å². The van der Waals surface area contributed by atoms with Crippen LogP contribution < -0.4 is 5.73 Å². The van der Waals surface area contributed by atoms with E-state index in [9.17, 15) is 0 Å². The number of benzene rings is 1. The number of aromatic nitrogens is 4. The van der Waals surface area contributed by atoms with Gasteiger partial charge in [-0.3, -0.25) is 5.10 Å². The Kier molecular flexibility index (Phi) is 2.14. The van der Waals surface area contributed by atoms with Crippen LogP contribution in [0.1, 0.15) is 18.9 Å². The Hall–Kier alpha value is -2.01. The largest absolute Gasteiger partial charge is 0.382 e. The van der Waals surface area contributed by atoms with Crippen LogP contribution in [0.4, 0.5) is 5.82 Å². The zero-order chi connectivity index (χ0) is 13.0. The fraction of sp³-hybridized carbons (Fsp3) is 0.231. The first-order valence-corrected chi connectivity index (χ1v) is 6.59. The second-order valence-corrected chi connectivity index (χ2v) is 5.31. The van der Waals surface area contributed by atoms with Crippen LogP contribution in [-0.2, 0) is 0 Å². The van der Waals surface area contributed by atoms with Gasteiger partial charge in [-0.05, 0) is 31.0 Å². The zero-order valence-electron chi connectivity index (χ0n) is 10.1. The molecule has 0 amide bonds. The number of H-pyrrole nitrogens is 1. The van der Waals surface area contributed by atoms with Gasteiger partial charge in [-0.1, -0.05) is 11.6 Å². The van der Waals surface area contributed by atoms with Crippen molar-refractivity contribution in [2.24, 2.45) is 0 Å². The summed E-state index contributed by atoms with van der Waals surface area (Å²) in [6, 6.07) is 8.13. The monoisotopic (exact) mass is 273 g/mol. The maximum absolute atomic E-state index is 6.04. The molecular formula is C13H12ClN5. The summed E-state index contributed by atoms with van der Waals surface area (Å²) >= 11 is 6.04. The van der Waals surface area contributed by atoms with Crippen LogP contribution in [0.3, 0.4) is 0 Å². The van der Waals surface area contributed by atoms with Crippen molar-refractivity contribution >= 4 is 28.5 Å². The molecule has 1 fully saturated rings. The van der Waals surface area contributed by atoms with E-state index in [-0.39, 0.29) is 0 Å². The van der Waals surface area contributed by atoms with E-state index in [1.807, 2.05) is 24.3 Å². The Morgan fingerprint density at radius 1 is 1.32 bits per heavy atom. The molecule has 1 saturated carbocycles. The van der Waals surface area contributed by atoms with Gasteiger partial charge >= 0.3 is 0 Å². The van der Waals surface area contributed by atoms with Crippen LogP contribution in [0.25, 0.3) is 22.6 Å². The highest BCUT2D eigenvalue weighted by molar-refractivity contribution is 6.31. The van der Waals surface area contributed by atoms with Crippen LogP contribution in [0.2, 0.25) is 5.02 Å². The maximum Gasteiger partial charge on any atom is 0.159 e. The number of nitrogens with one attached hydrogen (secondary N) is 1. The van der Waals surface area contributed by atoms with Gasteiger partial charge in [0.1, 0.15) is 11.5 Å². The van der Waals surface area contributed by atoms with Gasteiger partial charge in [0, 0.05) is 17.1 Å². The van der Waals surface area contributed by atoms with Gasteiger partial charge in [-0.15, -0.1) is 0 Å². The molecule has 96 valence electrons. The first kappa shape index (κ1) is 10.9. The van der Waals surface area contributed by atoms with Gasteiger partial charge in [0.25, 0.3) is 0 Å². The molecule has 1 aliphatic carbocycles. The smallest absolute Gasteiger partial charge is 0.159 e. The maximum atomic E-state index is 6.04. The lowest BCUT2D eigenvalue weighted by atomic mass is 10.3. The number of rotatable bonds is 2. The standard InChI is InChI=1S/C13H12ClN5/c14-7-1-4-11-9(5-7)16-13(19(11)8-2-3-8)10-6-12(15)18-17-10/h1,4-6,8H,2-3H2,(H3,15,17,18). The summed E-state index contributed by atoms with van der Waals surface area (Å²) in [6.07, 6.45) is 2.37. The summed E-state index contributed by atoms with van der Waals surface area (Å²) in [4.78, 5) is 4.67. The minimum Gasteiger partial charge on any atom is -0.382 e. The Morgan fingerprint density at radius 3 is 2.84 bits per heavy atom. The van der Waals surface area contributed by atoms with E-state index < -0.39 is 0 Å². The number of nitrogens with zero attached hydrogens (tertiary/aromatic N) is 3. The zero-order valence-corrected chi connectivity index (χ0v) is 10.9. The molecule has 1 aromatic carbocycles. The highest BCUT2D eigenvalue weighted by Crippen LogP contribution is 2.41. The predicted octanol–water partition coefficient (Wildman–Crippen LogP) is 3.00. The van der Waals surface area contributed by atoms with Crippen LogP contribution in [-0.4, -0.2) is 19.7 Å². The summed E-state index contributed by atoms with van der Waals surface area (Å²) < 4.78 is 2.25. The number of nitrogen functional groups attached to an aromatic ring is 1. The molecule has 2 heterocycles. The number of anilines is 1. The van der Waals surface area contributed by atoms with E-state index in [0.717, 1.165) is 22.6 Å². The van der Waals surface area contributed by atoms with Crippen molar-refractivity contribution in [2.45, 2.75) is 18.9 Å². The number of hydrogen-bond donors (Lipinski definition) is 2. The third-order valence-corrected chi connectivity index (χ3v) is 3.64. The number of hydrogen-bond acceptors (Lipinski definition) is 3. The molecule has 0 unspecified atom stereocenters. The summed E-state index contributed by atoms with van der Waals surface area (Å²) in [5.41, 5.74) is 8.53. The summed E-state index contributed by atoms with van der Waals surface area (Å²) in [5, 5.41) is 7.60. The van der Waals surface area contributed by atoms with E-state index in [0.29, 0.717) is 16.9 Å². The minimum absolute atomic E-state index is 0.474. The molecule has 2 aromatic heterocycles. The van der Waals surface area contributed by atoms with Gasteiger partial charge in [-0.2, -0.15) is 5.10 Å². The molecule has 0 bridgehead atoms. The Balaban J connectivity index is 2.01. The highest BCUT2D eigenvalue weighted by atomic mass is 35.5. The van der Waals surface area contributed by atoms with Gasteiger partial charge in [-0.25, -0.2) is 4.98 Å². The van der Waals surface area contributed by atoms with Crippen molar-refractivity contribution in [2.75, 3.05) is 5.73 Å². The molecule has 19 heavy (non-hydrogen) atoms. The molecular weight excluding hydrogens is 262 g/mol. The topological polar surface area (TPSA) is 72.5 Å². The van der Waals surface area contributed by atoms with E-state index >= 15 is 0 Å². The molecule has 0 saturated heterocycles. The van der Waals surface area contributed by atoms with E-state index in [4.69, 9.17) is 17.3 Å². The average molecular weight is 274 g/mol. The Bertz CT molecular complexity index is 769. The molecule has 0 atom stereocenters. The molecule has 3 aromatic rings. The normalized spacial score (nSPS) is 15.2. The van der Waals surface area contributed by atoms with Crippen LogP contribution in [0, 0.1) is 0 Å². The molecule has 4 rings (SSSR count). The van der Waals surface area contributed by atoms with Crippen molar-refractivity contribution in [3.05, 3.63) is 29.3 Å². The second-order valence-electron chi connectivity index (χ2n) is 4.88. The van der Waals surface area contributed by atoms with Crippen molar-refractivity contribution in [3.63, 3.8) is 0 Å². The van der Waals surface area contributed by atoms with E-state index in [1.54, 1.807) is 0 Å². The quantitative estimate of drug-likeness (QED) is 0.754. The molecule has 5 nitrogen and oxygen atoms in total. The summed E-state index contributed by atoms with van der Waals surface area (Å²) in [6.45, 7) is 0. The summed E-state index contributed by atoms with van der Waals surface area (Å²) in [7, 11) is 0. The molecule has 3 N–H and O–H groups in total. The fourth-order valence-electron chi connectivity index (χ4n) is 2.42. The first-order valence-electron chi connectivity index (χ1n) is 6.21. The van der Waals surface area contributed by atoms with Crippen molar-refractivity contribution in [1.29, 1.82) is 0 Å². The molecule has 0 aliphatic heterocycles. The Labute approximate surface area is 114 Å². The third kappa shape index (κ3) is 1.69. The molecule has 0 spiro atoms. The minimum atomic E-state index is 0.474. The predicted molar refractivity (Wildman–Crippen MR) is 75.0 cm³/mol. The van der Waals surface area contributed by atoms with Crippen molar-refractivity contribution < 1.29 is 0 Å². The fourth-order valence-corrected chi connectivity index (χ4v) is 2.58. The lowest BCUT2D eigenvalue weighted by Gasteiger charge is -2.05. The molecule has 6 heteroatoms. The molecule has 0 radical (unpaired) electrons. The van der Waals surface area contributed by atoms with E-state index in [2.05, 4.69) is 19.7 Å². The number of imidazole rings is 1. The van der Waals surface area contributed by atoms with E-state index in [1.165, 1.54) is 12.8 Å².